The Balaban J connectivity index is 2.23. The zero-order valence-electron chi connectivity index (χ0n) is 11.2. The van der Waals surface area contributed by atoms with Crippen molar-refractivity contribution in [2.75, 3.05) is 20.3 Å². The van der Waals surface area contributed by atoms with Crippen molar-refractivity contribution in [3.05, 3.63) is 0 Å². The Morgan fingerprint density at radius 1 is 1.47 bits per heavy atom. The van der Waals surface area contributed by atoms with Crippen LogP contribution in [0.25, 0.3) is 0 Å². The highest BCUT2D eigenvalue weighted by Gasteiger charge is 2.54. The first kappa shape index (κ1) is 14.7. The van der Waals surface area contributed by atoms with Gasteiger partial charge in [0.1, 0.15) is 24.4 Å². The molecule has 19 heavy (non-hydrogen) atoms. The van der Waals surface area contributed by atoms with Crippen molar-refractivity contribution in [1.29, 1.82) is 0 Å². The first-order valence-electron chi connectivity index (χ1n) is 6.25. The molecule has 6 atom stereocenters. The zero-order valence-corrected chi connectivity index (χ0v) is 11.2. The molecular weight excluding hydrogens is 256 g/mol. The molecule has 2 aliphatic rings. The number of rotatable bonds is 3. The van der Waals surface area contributed by atoms with E-state index in [1.54, 1.807) is 6.92 Å². The summed E-state index contributed by atoms with van der Waals surface area (Å²) in [4.78, 5) is 11.3. The molecule has 0 aromatic heterocycles. The lowest BCUT2D eigenvalue weighted by Crippen LogP contribution is -2.67. The summed E-state index contributed by atoms with van der Waals surface area (Å²) in [5, 5.41) is 18.5. The van der Waals surface area contributed by atoms with E-state index in [-0.39, 0.29) is 19.3 Å². The first-order chi connectivity index (χ1) is 8.92. The van der Waals surface area contributed by atoms with Gasteiger partial charge in [-0.1, -0.05) is 0 Å². The molecule has 0 aromatic rings. The third-order valence-electron chi connectivity index (χ3n) is 3.72. The second kappa shape index (κ2) is 5.34. The summed E-state index contributed by atoms with van der Waals surface area (Å²) in [7, 11) is 1.47. The van der Waals surface area contributed by atoms with Crippen LogP contribution in [0.3, 0.4) is 0 Å². The number of hydrogen-bond acceptors (Lipinski definition) is 6. The van der Waals surface area contributed by atoms with Gasteiger partial charge in [-0.2, -0.15) is 0 Å². The number of aliphatic hydroxyl groups is 1. The van der Waals surface area contributed by atoms with Gasteiger partial charge in [0.25, 0.3) is 0 Å². The number of carboxylic acid groups (broad SMARTS) is 1. The normalized spacial score (nSPS) is 46.6. The van der Waals surface area contributed by atoms with E-state index >= 15 is 0 Å². The number of ether oxygens (including phenoxy) is 4. The average Bonchev–Trinajstić information content (AvgIpc) is 2.38. The molecule has 2 N–H and O–H groups in total. The van der Waals surface area contributed by atoms with Crippen LogP contribution < -0.4 is 0 Å². The largest absolute Gasteiger partial charge is 0.479 e. The Morgan fingerprint density at radius 2 is 2.16 bits per heavy atom. The monoisotopic (exact) mass is 276 g/mol. The molecule has 7 nitrogen and oxygen atoms in total. The van der Waals surface area contributed by atoms with Gasteiger partial charge in [-0.3, -0.25) is 0 Å². The Bertz CT molecular complexity index is 347. The molecule has 4 unspecified atom stereocenters. The minimum atomic E-state index is -1.41. The minimum absolute atomic E-state index is 0.0442. The molecule has 2 saturated heterocycles. The summed E-state index contributed by atoms with van der Waals surface area (Å²) in [6.45, 7) is 3.00. The topological polar surface area (TPSA) is 94.5 Å². The summed E-state index contributed by atoms with van der Waals surface area (Å²) in [5.41, 5.74) is -1.41. The molecule has 0 aromatic carbocycles. The molecule has 110 valence electrons. The van der Waals surface area contributed by atoms with Crippen LogP contribution >= 0.6 is 0 Å². The van der Waals surface area contributed by atoms with E-state index in [4.69, 9.17) is 18.9 Å². The van der Waals surface area contributed by atoms with Crippen LogP contribution in [0.4, 0.5) is 0 Å². The van der Waals surface area contributed by atoms with Crippen LogP contribution in [0, 0.1) is 0 Å². The van der Waals surface area contributed by atoms with Crippen molar-refractivity contribution < 1.29 is 34.0 Å². The Hall–Kier alpha value is -0.730. The third-order valence-corrected chi connectivity index (χ3v) is 3.72. The van der Waals surface area contributed by atoms with Gasteiger partial charge in [-0.15, -0.1) is 0 Å². The number of hydrogen-bond donors (Lipinski definition) is 2. The van der Waals surface area contributed by atoms with E-state index in [0.29, 0.717) is 0 Å². The maximum absolute atomic E-state index is 11.3. The van der Waals surface area contributed by atoms with Gasteiger partial charge in [-0.05, 0) is 13.8 Å². The van der Waals surface area contributed by atoms with Crippen molar-refractivity contribution in [1.82, 2.24) is 0 Å². The van der Waals surface area contributed by atoms with Gasteiger partial charge in [-0.25, -0.2) is 4.79 Å². The molecule has 0 amide bonds. The quantitative estimate of drug-likeness (QED) is 0.711. The van der Waals surface area contributed by atoms with Gasteiger partial charge >= 0.3 is 5.97 Å². The van der Waals surface area contributed by atoms with E-state index in [0.717, 1.165) is 0 Å². The van der Waals surface area contributed by atoms with Gasteiger partial charge < -0.3 is 29.2 Å². The van der Waals surface area contributed by atoms with Gasteiger partial charge in [0.05, 0.1) is 19.3 Å². The predicted octanol–water partition coefficient (Wildman–Crippen LogP) is -0.592. The average molecular weight is 276 g/mol. The van der Waals surface area contributed by atoms with E-state index in [1.165, 1.54) is 14.0 Å². The van der Waals surface area contributed by atoms with E-state index < -0.39 is 36.0 Å². The lowest BCUT2D eigenvalue weighted by molar-refractivity contribution is -0.315. The summed E-state index contributed by atoms with van der Waals surface area (Å²) in [6, 6.07) is 0. The second-order valence-electron chi connectivity index (χ2n) is 5.16. The Labute approximate surface area is 111 Å². The van der Waals surface area contributed by atoms with Crippen molar-refractivity contribution in [2.24, 2.45) is 0 Å². The number of methoxy groups -OCH3 is 1. The SMILES string of the molecule is COC1C(CO)O[C@H](C)C2OC[C@@](C)(C(=O)O)OC12. The van der Waals surface area contributed by atoms with Crippen LogP contribution in [0.5, 0.6) is 0 Å². The van der Waals surface area contributed by atoms with Crippen LogP contribution in [-0.2, 0) is 23.7 Å². The summed E-state index contributed by atoms with van der Waals surface area (Å²) < 4.78 is 22.2. The van der Waals surface area contributed by atoms with Crippen LogP contribution in [0.15, 0.2) is 0 Å². The van der Waals surface area contributed by atoms with E-state index in [2.05, 4.69) is 0 Å². The molecule has 2 aliphatic heterocycles. The lowest BCUT2D eigenvalue weighted by Gasteiger charge is -2.50. The minimum Gasteiger partial charge on any atom is -0.479 e. The maximum atomic E-state index is 11.3. The fourth-order valence-corrected chi connectivity index (χ4v) is 2.60. The van der Waals surface area contributed by atoms with Gasteiger partial charge in [0, 0.05) is 7.11 Å². The van der Waals surface area contributed by atoms with E-state index in [9.17, 15) is 15.0 Å². The Morgan fingerprint density at radius 3 is 2.68 bits per heavy atom. The fraction of sp³-hybridized carbons (Fsp3) is 0.917. The molecular formula is C12H20O7. The summed E-state index contributed by atoms with van der Waals surface area (Å²) in [6.07, 6.45) is -2.40. The van der Waals surface area contributed by atoms with Crippen LogP contribution in [0.1, 0.15) is 13.8 Å². The molecule has 0 spiro atoms. The molecule has 2 fully saturated rings. The number of carbonyl (C=O) groups is 1. The van der Waals surface area contributed by atoms with Crippen molar-refractivity contribution in [3.63, 3.8) is 0 Å². The molecule has 0 saturated carbocycles. The van der Waals surface area contributed by atoms with Crippen molar-refractivity contribution >= 4 is 5.97 Å². The number of aliphatic carboxylic acids is 1. The predicted molar refractivity (Wildman–Crippen MR) is 62.9 cm³/mol. The smallest absolute Gasteiger partial charge is 0.338 e. The summed E-state index contributed by atoms with van der Waals surface area (Å²) >= 11 is 0. The van der Waals surface area contributed by atoms with Gasteiger partial charge in [0.15, 0.2) is 5.60 Å². The second-order valence-corrected chi connectivity index (χ2v) is 5.16. The first-order valence-corrected chi connectivity index (χ1v) is 6.25. The molecule has 2 heterocycles. The van der Waals surface area contributed by atoms with Crippen molar-refractivity contribution in [3.8, 4) is 0 Å². The van der Waals surface area contributed by atoms with Crippen LogP contribution in [0.2, 0.25) is 0 Å². The highest BCUT2D eigenvalue weighted by molar-refractivity contribution is 5.77. The molecule has 7 heteroatoms. The molecule has 0 aliphatic carbocycles. The summed E-state index contributed by atoms with van der Waals surface area (Å²) in [5.74, 6) is -1.08. The maximum Gasteiger partial charge on any atom is 0.338 e. The standard InChI is InChI=1S/C12H20O7/c1-6-8-10(9(16-3)7(4-13)18-6)19-12(2,5-17-8)11(14)15/h6-10,13H,4-5H2,1-3H3,(H,14,15)/t6-,7?,8?,9?,10?,12+/m1/s1. The number of aliphatic hydroxyl groups excluding tert-OH is 1. The molecule has 2 rings (SSSR count). The highest BCUT2D eigenvalue weighted by atomic mass is 16.7. The van der Waals surface area contributed by atoms with Gasteiger partial charge in [0.2, 0.25) is 0 Å². The highest BCUT2D eigenvalue weighted by Crippen LogP contribution is 2.34. The van der Waals surface area contributed by atoms with Crippen LogP contribution in [-0.4, -0.2) is 72.6 Å². The molecule has 0 radical (unpaired) electrons. The zero-order chi connectivity index (χ0) is 14.2. The number of carboxylic acids is 1. The fourth-order valence-electron chi connectivity index (χ4n) is 2.60. The number of fused-ring (bicyclic) bond motifs is 1. The lowest BCUT2D eigenvalue weighted by atomic mass is 9.92. The molecule has 0 bridgehead atoms. The van der Waals surface area contributed by atoms with E-state index in [1.807, 2.05) is 0 Å². The Kier molecular flexibility index (Phi) is 4.12. The van der Waals surface area contributed by atoms with Crippen molar-refractivity contribution in [2.45, 2.75) is 50.0 Å². The third kappa shape index (κ3) is 2.48.